The highest BCUT2D eigenvalue weighted by atomic mass is 35.5. The van der Waals surface area contributed by atoms with E-state index < -0.39 is 32.7 Å². The Morgan fingerprint density at radius 2 is 1.66 bits per heavy atom. The van der Waals surface area contributed by atoms with E-state index in [1.807, 2.05) is 0 Å². The minimum Gasteiger partial charge on any atom is -0.492 e. The first kappa shape index (κ1) is 22.8. The van der Waals surface area contributed by atoms with E-state index in [2.05, 4.69) is 10.0 Å². The fourth-order valence-corrected chi connectivity index (χ4v) is 5.66. The average molecular weight is 487 g/mol. The van der Waals surface area contributed by atoms with Gasteiger partial charge < -0.3 is 14.8 Å². The molecular formula is C21H21ClF2N2O5S. The van der Waals surface area contributed by atoms with Crippen molar-refractivity contribution in [1.82, 2.24) is 10.0 Å². The SMILES string of the molecule is O=C(COc1ccc(Cl)c(F)c1)NC12CC(NS(=O)(=O)CCOc3ccc(F)cc3)(C1)C2. The Morgan fingerprint density at radius 3 is 2.31 bits per heavy atom. The van der Waals surface area contributed by atoms with Gasteiger partial charge in [0.1, 0.15) is 29.7 Å². The quantitative estimate of drug-likeness (QED) is 0.538. The predicted molar refractivity (Wildman–Crippen MR) is 113 cm³/mol. The minimum atomic E-state index is -3.58. The molecule has 2 aromatic carbocycles. The zero-order valence-electron chi connectivity index (χ0n) is 16.9. The standard InChI is InChI=1S/C21H21ClF2N2O5S/c22-17-6-5-16(9-18(17)24)31-10-19(27)25-20-11-21(12-20,13-20)26-32(28,29)8-7-30-15-3-1-14(23)2-4-15/h1-6,9,26H,7-8,10-13H2,(H,25,27). The molecule has 0 atom stereocenters. The van der Waals surface area contributed by atoms with Crippen molar-refractivity contribution in [3.63, 3.8) is 0 Å². The number of hydrogen-bond donors (Lipinski definition) is 2. The molecule has 3 aliphatic rings. The summed E-state index contributed by atoms with van der Waals surface area (Å²) in [4.78, 5) is 12.2. The van der Waals surface area contributed by atoms with Gasteiger partial charge in [-0.15, -0.1) is 0 Å². The van der Waals surface area contributed by atoms with Gasteiger partial charge in [-0.1, -0.05) is 11.6 Å². The van der Waals surface area contributed by atoms with Gasteiger partial charge in [0, 0.05) is 17.1 Å². The van der Waals surface area contributed by atoms with Crippen LogP contribution in [-0.2, 0) is 14.8 Å². The van der Waals surface area contributed by atoms with Crippen LogP contribution in [0.15, 0.2) is 42.5 Å². The van der Waals surface area contributed by atoms with E-state index >= 15 is 0 Å². The van der Waals surface area contributed by atoms with Crippen molar-refractivity contribution in [3.8, 4) is 11.5 Å². The van der Waals surface area contributed by atoms with Gasteiger partial charge in [-0.2, -0.15) is 0 Å². The molecule has 3 aliphatic carbocycles. The van der Waals surface area contributed by atoms with Crippen molar-refractivity contribution < 1.29 is 31.5 Å². The monoisotopic (exact) mass is 486 g/mol. The van der Waals surface area contributed by atoms with Crippen LogP contribution >= 0.6 is 11.6 Å². The van der Waals surface area contributed by atoms with Gasteiger partial charge in [0.25, 0.3) is 5.91 Å². The third-order valence-electron chi connectivity index (χ3n) is 5.50. The van der Waals surface area contributed by atoms with E-state index in [1.54, 1.807) is 0 Å². The molecule has 32 heavy (non-hydrogen) atoms. The number of hydrogen-bond acceptors (Lipinski definition) is 5. The summed E-state index contributed by atoms with van der Waals surface area (Å²) in [6.07, 6.45) is 1.46. The minimum absolute atomic E-state index is 0.0366. The number of halogens is 3. The molecule has 0 unspecified atom stereocenters. The van der Waals surface area contributed by atoms with Crippen LogP contribution in [0.3, 0.4) is 0 Å². The number of amides is 1. The second-order valence-corrected chi connectivity index (χ2v) is 10.5. The molecule has 0 aliphatic heterocycles. The van der Waals surface area contributed by atoms with Gasteiger partial charge in [-0.05, 0) is 55.7 Å². The summed E-state index contributed by atoms with van der Waals surface area (Å²) in [5.74, 6) is -1.08. The lowest BCUT2D eigenvalue weighted by Crippen LogP contribution is -2.84. The van der Waals surface area contributed by atoms with Crippen LogP contribution in [0.25, 0.3) is 0 Å². The highest BCUT2D eigenvalue weighted by Gasteiger charge is 2.69. The molecule has 2 aromatic rings. The summed E-state index contributed by atoms with van der Waals surface area (Å²) in [7, 11) is -3.58. The number of carbonyl (C=O) groups is 1. The van der Waals surface area contributed by atoms with E-state index in [9.17, 15) is 22.0 Å². The van der Waals surface area contributed by atoms with Crippen LogP contribution in [-0.4, -0.2) is 44.4 Å². The van der Waals surface area contributed by atoms with Crippen molar-refractivity contribution >= 4 is 27.5 Å². The smallest absolute Gasteiger partial charge is 0.258 e. The van der Waals surface area contributed by atoms with Crippen molar-refractivity contribution in [2.45, 2.75) is 30.3 Å². The normalized spacial score (nSPS) is 23.6. The number of nitrogens with one attached hydrogen (secondary N) is 2. The summed E-state index contributed by atoms with van der Waals surface area (Å²) >= 11 is 5.60. The Hall–Kier alpha value is -2.43. The molecule has 3 fully saturated rings. The lowest BCUT2D eigenvalue weighted by Gasteiger charge is -2.70. The summed E-state index contributed by atoms with van der Waals surface area (Å²) in [5.41, 5.74) is -0.999. The molecule has 0 radical (unpaired) electrons. The fourth-order valence-electron chi connectivity index (χ4n) is 4.26. The Morgan fingerprint density at radius 1 is 1.00 bits per heavy atom. The lowest BCUT2D eigenvalue weighted by atomic mass is 9.44. The zero-order valence-corrected chi connectivity index (χ0v) is 18.4. The Bertz CT molecular complexity index is 1110. The van der Waals surface area contributed by atoms with Crippen molar-refractivity contribution in [1.29, 1.82) is 0 Å². The van der Waals surface area contributed by atoms with Crippen LogP contribution in [0.4, 0.5) is 8.78 Å². The molecule has 7 nitrogen and oxygen atoms in total. The van der Waals surface area contributed by atoms with Crippen LogP contribution in [0.5, 0.6) is 11.5 Å². The fraction of sp³-hybridized carbons (Fsp3) is 0.381. The maximum absolute atomic E-state index is 13.4. The summed E-state index contributed by atoms with van der Waals surface area (Å²) in [6, 6.07) is 9.22. The van der Waals surface area contributed by atoms with E-state index in [4.69, 9.17) is 21.1 Å². The number of ether oxygens (including phenoxy) is 2. The second-order valence-electron chi connectivity index (χ2n) is 8.23. The van der Waals surface area contributed by atoms with Gasteiger partial charge in [0.05, 0.1) is 10.8 Å². The van der Waals surface area contributed by atoms with Crippen LogP contribution in [0, 0.1) is 11.6 Å². The van der Waals surface area contributed by atoms with E-state index in [0.29, 0.717) is 25.0 Å². The highest BCUT2D eigenvalue weighted by Crippen LogP contribution is 2.60. The first-order valence-corrected chi connectivity index (χ1v) is 11.9. The molecule has 0 heterocycles. The maximum atomic E-state index is 13.4. The largest absolute Gasteiger partial charge is 0.492 e. The van der Waals surface area contributed by atoms with Crippen LogP contribution in [0.2, 0.25) is 5.02 Å². The van der Waals surface area contributed by atoms with Gasteiger partial charge in [0.15, 0.2) is 6.61 Å². The molecule has 5 rings (SSSR count). The Balaban J connectivity index is 1.18. The van der Waals surface area contributed by atoms with E-state index in [0.717, 1.165) is 6.07 Å². The first-order chi connectivity index (χ1) is 15.1. The molecule has 3 saturated carbocycles. The van der Waals surface area contributed by atoms with E-state index in [1.165, 1.54) is 36.4 Å². The Kier molecular flexibility index (Phi) is 6.04. The van der Waals surface area contributed by atoms with Crippen molar-refractivity contribution in [2.75, 3.05) is 19.0 Å². The maximum Gasteiger partial charge on any atom is 0.258 e. The van der Waals surface area contributed by atoms with Crippen molar-refractivity contribution in [2.24, 2.45) is 0 Å². The molecule has 0 spiro atoms. The Labute approximate surface area is 189 Å². The van der Waals surface area contributed by atoms with Gasteiger partial charge in [0.2, 0.25) is 10.0 Å². The molecule has 1 amide bonds. The third-order valence-corrected chi connectivity index (χ3v) is 7.26. The molecule has 2 N–H and O–H groups in total. The van der Waals surface area contributed by atoms with Crippen molar-refractivity contribution in [3.05, 3.63) is 59.1 Å². The summed E-state index contributed by atoms with van der Waals surface area (Å²) in [5, 5.41) is 2.82. The molecule has 2 bridgehead atoms. The molecule has 11 heteroatoms. The van der Waals surface area contributed by atoms with Gasteiger partial charge in [-0.3, -0.25) is 4.79 Å². The topological polar surface area (TPSA) is 93.7 Å². The third kappa shape index (κ3) is 5.13. The molecule has 172 valence electrons. The molecule has 0 aromatic heterocycles. The van der Waals surface area contributed by atoms with E-state index in [-0.39, 0.29) is 35.6 Å². The number of sulfonamides is 1. The van der Waals surface area contributed by atoms with Crippen LogP contribution < -0.4 is 19.5 Å². The number of benzene rings is 2. The number of carbonyl (C=O) groups excluding carboxylic acids is 1. The summed E-state index contributed by atoms with van der Waals surface area (Å²) < 4.78 is 64.3. The van der Waals surface area contributed by atoms with Crippen LogP contribution in [0.1, 0.15) is 19.3 Å². The predicted octanol–water partition coefficient (Wildman–Crippen LogP) is 2.79. The van der Waals surface area contributed by atoms with Gasteiger partial charge >= 0.3 is 0 Å². The highest BCUT2D eigenvalue weighted by molar-refractivity contribution is 7.89. The molecular weight excluding hydrogens is 466 g/mol. The number of rotatable bonds is 10. The average Bonchev–Trinajstić information content (AvgIpc) is 2.67. The zero-order chi connectivity index (χ0) is 23.0. The lowest BCUT2D eigenvalue weighted by molar-refractivity contribution is -0.139. The second kappa shape index (κ2) is 8.49. The first-order valence-electron chi connectivity index (χ1n) is 9.87. The summed E-state index contributed by atoms with van der Waals surface area (Å²) in [6.45, 7) is -0.357. The van der Waals surface area contributed by atoms with Gasteiger partial charge in [-0.25, -0.2) is 21.9 Å². The molecule has 0 saturated heterocycles.